The number of rotatable bonds is 1. The molecular formula is C17H24O. The highest BCUT2D eigenvalue weighted by Gasteiger charge is 2.36. The third kappa shape index (κ3) is 1.64. The number of carbonyl (C=O) groups is 1. The summed E-state index contributed by atoms with van der Waals surface area (Å²) in [4.78, 5) is 11.3. The Morgan fingerprint density at radius 1 is 1.11 bits per heavy atom. The van der Waals surface area contributed by atoms with E-state index in [1.54, 1.807) is 0 Å². The van der Waals surface area contributed by atoms with Crippen LogP contribution < -0.4 is 0 Å². The second-order valence-electron chi connectivity index (χ2n) is 6.42. The maximum Gasteiger partial charge on any atom is 0.150 e. The lowest BCUT2D eigenvalue weighted by Gasteiger charge is -2.41. The zero-order valence-electron chi connectivity index (χ0n) is 12.5. The average molecular weight is 244 g/mol. The molecule has 2 rings (SSSR count). The number of hydrogen-bond acceptors (Lipinski definition) is 1. The predicted octanol–water partition coefficient (Wildman–Crippen LogP) is 4.28. The molecule has 0 N–H and O–H groups in total. The number of aldehydes is 1. The molecule has 1 unspecified atom stereocenters. The van der Waals surface area contributed by atoms with Crippen LogP contribution in [-0.4, -0.2) is 6.29 Å². The summed E-state index contributed by atoms with van der Waals surface area (Å²) in [7, 11) is 0. The van der Waals surface area contributed by atoms with Crippen molar-refractivity contribution < 1.29 is 4.79 Å². The van der Waals surface area contributed by atoms with E-state index < -0.39 is 0 Å². The third-order valence-electron chi connectivity index (χ3n) is 5.32. The molecule has 0 heterocycles. The highest BCUT2D eigenvalue weighted by molar-refractivity contribution is 5.82. The first-order chi connectivity index (χ1) is 8.32. The van der Waals surface area contributed by atoms with Crippen LogP contribution in [0.25, 0.3) is 0 Å². The summed E-state index contributed by atoms with van der Waals surface area (Å²) in [6, 6.07) is 0. The van der Waals surface area contributed by atoms with Gasteiger partial charge in [-0.3, -0.25) is 4.79 Å². The van der Waals surface area contributed by atoms with Crippen LogP contribution in [0.3, 0.4) is 0 Å². The van der Waals surface area contributed by atoms with Gasteiger partial charge in [-0.15, -0.1) is 0 Å². The monoisotopic (exact) mass is 244 g/mol. The SMILES string of the molecule is Cc1c(C)c2c(c(C)c1C=O)CCC(C)C2(C)C. The second-order valence-corrected chi connectivity index (χ2v) is 6.42. The highest BCUT2D eigenvalue weighted by atomic mass is 16.1. The number of carbonyl (C=O) groups excluding carboxylic acids is 1. The van der Waals surface area contributed by atoms with Gasteiger partial charge in [0.15, 0.2) is 6.29 Å². The molecule has 1 aliphatic carbocycles. The average Bonchev–Trinajstić information content (AvgIpc) is 2.30. The standard InChI is InChI=1S/C17H24O/c1-10-7-8-14-13(4)15(9-18)11(2)12(3)16(14)17(10,5)6/h9-10H,7-8H2,1-6H3. The predicted molar refractivity (Wildman–Crippen MR) is 76.6 cm³/mol. The fraction of sp³-hybridized carbons (Fsp3) is 0.588. The molecule has 0 aliphatic heterocycles. The third-order valence-corrected chi connectivity index (χ3v) is 5.32. The van der Waals surface area contributed by atoms with E-state index in [9.17, 15) is 4.79 Å². The quantitative estimate of drug-likeness (QED) is 0.674. The molecule has 0 radical (unpaired) electrons. The van der Waals surface area contributed by atoms with Gasteiger partial charge in [0.1, 0.15) is 0 Å². The molecule has 0 bridgehead atoms. The van der Waals surface area contributed by atoms with Crippen molar-refractivity contribution in [3.05, 3.63) is 33.4 Å². The van der Waals surface area contributed by atoms with E-state index in [4.69, 9.17) is 0 Å². The molecule has 1 atom stereocenters. The van der Waals surface area contributed by atoms with Crippen molar-refractivity contribution >= 4 is 6.29 Å². The molecular weight excluding hydrogens is 220 g/mol. The minimum Gasteiger partial charge on any atom is -0.298 e. The van der Waals surface area contributed by atoms with Gasteiger partial charge in [-0.1, -0.05) is 20.8 Å². The van der Waals surface area contributed by atoms with Crippen LogP contribution in [0.4, 0.5) is 0 Å². The van der Waals surface area contributed by atoms with E-state index >= 15 is 0 Å². The Hall–Kier alpha value is -1.11. The van der Waals surface area contributed by atoms with E-state index in [0.29, 0.717) is 5.92 Å². The summed E-state index contributed by atoms with van der Waals surface area (Å²) < 4.78 is 0. The molecule has 18 heavy (non-hydrogen) atoms. The fourth-order valence-corrected chi connectivity index (χ4v) is 3.58. The van der Waals surface area contributed by atoms with Gasteiger partial charge in [-0.2, -0.15) is 0 Å². The Morgan fingerprint density at radius 2 is 1.72 bits per heavy atom. The zero-order valence-corrected chi connectivity index (χ0v) is 12.5. The first-order valence-corrected chi connectivity index (χ1v) is 6.90. The van der Waals surface area contributed by atoms with Crippen LogP contribution in [0.15, 0.2) is 0 Å². The Bertz CT molecular complexity index is 509. The van der Waals surface area contributed by atoms with E-state index in [1.807, 2.05) is 0 Å². The van der Waals surface area contributed by atoms with E-state index in [0.717, 1.165) is 18.3 Å². The molecule has 0 amide bonds. The summed E-state index contributed by atoms with van der Waals surface area (Å²) in [5, 5.41) is 0. The molecule has 1 nitrogen and oxygen atoms in total. The smallest absolute Gasteiger partial charge is 0.150 e. The maximum atomic E-state index is 11.3. The van der Waals surface area contributed by atoms with Crippen molar-refractivity contribution in [3.63, 3.8) is 0 Å². The molecule has 1 heteroatoms. The summed E-state index contributed by atoms with van der Waals surface area (Å²) >= 11 is 0. The first kappa shape index (κ1) is 13.3. The topological polar surface area (TPSA) is 17.1 Å². The zero-order chi connectivity index (χ0) is 13.7. The lowest BCUT2D eigenvalue weighted by Crippen LogP contribution is -2.34. The molecule has 0 saturated carbocycles. The van der Waals surface area contributed by atoms with Crippen LogP contribution in [0.1, 0.15) is 65.4 Å². The van der Waals surface area contributed by atoms with E-state index in [-0.39, 0.29) is 5.41 Å². The van der Waals surface area contributed by atoms with Gasteiger partial charge < -0.3 is 0 Å². The molecule has 98 valence electrons. The number of benzene rings is 1. The van der Waals surface area contributed by atoms with Gasteiger partial charge in [-0.05, 0) is 72.8 Å². The van der Waals surface area contributed by atoms with Crippen LogP contribution in [0.2, 0.25) is 0 Å². The van der Waals surface area contributed by atoms with Gasteiger partial charge >= 0.3 is 0 Å². The van der Waals surface area contributed by atoms with E-state index in [1.165, 1.54) is 34.2 Å². The fourth-order valence-electron chi connectivity index (χ4n) is 3.58. The van der Waals surface area contributed by atoms with Crippen LogP contribution in [0.5, 0.6) is 0 Å². The van der Waals surface area contributed by atoms with Crippen LogP contribution in [0, 0.1) is 26.7 Å². The first-order valence-electron chi connectivity index (χ1n) is 6.90. The largest absolute Gasteiger partial charge is 0.298 e. The molecule has 1 aliphatic rings. The molecule has 1 aromatic carbocycles. The summed E-state index contributed by atoms with van der Waals surface area (Å²) in [5.74, 6) is 0.699. The van der Waals surface area contributed by atoms with Crippen molar-refractivity contribution in [2.45, 2.75) is 59.8 Å². The number of fused-ring (bicyclic) bond motifs is 1. The molecule has 0 fully saturated rings. The Morgan fingerprint density at radius 3 is 2.28 bits per heavy atom. The van der Waals surface area contributed by atoms with Crippen molar-refractivity contribution in [2.24, 2.45) is 5.92 Å². The van der Waals surface area contributed by atoms with Gasteiger partial charge in [0.25, 0.3) is 0 Å². The lowest BCUT2D eigenvalue weighted by molar-refractivity contribution is 0.112. The molecule has 0 saturated heterocycles. The highest BCUT2D eigenvalue weighted by Crippen LogP contribution is 2.45. The minimum atomic E-state index is 0.217. The van der Waals surface area contributed by atoms with Gasteiger partial charge in [0, 0.05) is 5.56 Å². The summed E-state index contributed by atoms with van der Waals surface area (Å²) in [6.07, 6.45) is 3.37. The molecule has 1 aromatic rings. The van der Waals surface area contributed by atoms with Crippen molar-refractivity contribution in [1.82, 2.24) is 0 Å². The van der Waals surface area contributed by atoms with Gasteiger partial charge in [0.2, 0.25) is 0 Å². The minimum absolute atomic E-state index is 0.217. The summed E-state index contributed by atoms with van der Waals surface area (Å²) in [5.41, 5.74) is 7.77. The van der Waals surface area contributed by atoms with E-state index in [2.05, 4.69) is 41.5 Å². The van der Waals surface area contributed by atoms with Gasteiger partial charge in [0.05, 0.1) is 0 Å². The molecule has 0 spiro atoms. The summed E-state index contributed by atoms with van der Waals surface area (Å²) in [6.45, 7) is 13.4. The normalized spacial score (nSPS) is 21.6. The maximum absolute atomic E-state index is 11.3. The Balaban J connectivity index is 2.83. The van der Waals surface area contributed by atoms with Gasteiger partial charge in [-0.25, -0.2) is 0 Å². The molecule has 0 aromatic heterocycles. The van der Waals surface area contributed by atoms with Crippen molar-refractivity contribution in [2.75, 3.05) is 0 Å². The Kier molecular flexibility index (Phi) is 3.12. The van der Waals surface area contributed by atoms with Crippen molar-refractivity contribution in [3.8, 4) is 0 Å². The Labute approximate surface area is 111 Å². The second kappa shape index (κ2) is 4.22. The lowest BCUT2D eigenvalue weighted by atomic mass is 9.63. The van der Waals surface area contributed by atoms with Crippen LogP contribution in [-0.2, 0) is 11.8 Å². The van der Waals surface area contributed by atoms with Crippen LogP contribution >= 0.6 is 0 Å². The van der Waals surface area contributed by atoms with Crippen molar-refractivity contribution in [1.29, 1.82) is 0 Å². The number of hydrogen-bond donors (Lipinski definition) is 0.